The molecule has 1 amide bonds. The molecule has 0 unspecified atom stereocenters. The van der Waals surface area contributed by atoms with Gasteiger partial charge in [0.05, 0.1) is 10.7 Å². The number of rotatable bonds is 4. The molecule has 1 aromatic rings. The number of amides is 1. The van der Waals surface area contributed by atoms with Crippen LogP contribution < -0.4 is 5.32 Å². The monoisotopic (exact) mass is 357 g/mol. The number of anilines is 1. The van der Waals surface area contributed by atoms with Crippen LogP contribution in [0.1, 0.15) is 12.8 Å². The Labute approximate surface area is 112 Å². The van der Waals surface area contributed by atoms with Gasteiger partial charge in [-0.3, -0.25) is 4.79 Å². The molecule has 2 nitrogen and oxygen atoms in total. The van der Waals surface area contributed by atoms with Crippen molar-refractivity contribution in [3.63, 3.8) is 0 Å². The highest BCUT2D eigenvalue weighted by atomic mass is 127. The van der Waals surface area contributed by atoms with Crippen molar-refractivity contribution in [2.75, 3.05) is 11.2 Å². The van der Waals surface area contributed by atoms with Crippen molar-refractivity contribution in [3.05, 3.63) is 26.8 Å². The summed E-state index contributed by atoms with van der Waals surface area (Å²) in [6.45, 7) is 0. The molecule has 1 N–H and O–H groups in total. The van der Waals surface area contributed by atoms with E-state index in [0.717, 1.165) is 3.57 Å². The maximum Gasteiger partial charge on any atom is 0.224 e. The number of hydrogen-bond acceptors (Lipinski definition) is 1. The van der Waals surface area contributed by atoms with Gasteiger partial charge in [-0.05, 0) is 47.2 Å². The van der Waals surface area contributed by atoms with Crippen LogP contribution in [0.3, 0.4) is 0 Å². The molecule has 0 heterocycles. The molecule has 1 aromatic carbocycles. The molecule has 0 aliphatic carbocycles. The molecule has 1 rings (SSSR count). The summed E-state index contributed by atoms with van der Waals surface area (Å²) < 4.78 is 1.04. The Balaban J connectivity index is 2.60. The molecule has 0 saturated carbocycles. The standard InChI is InChI=1S/C10H10Cl2INO/c11-5-1-2-10(15)14-9-4-3-7(13)6-8(9)12/h3-4,6H,1-2,5H2,(H,14,15). The summed E-state index contributed by atoms with van der Waals surface area (Å²) in [4.78, 5) is 11.4. The predicted octanol–water partition coefficient (Wildman–Crippen LogP) is 3.90. The molecule has 0 aliphatic heterocycles. The zero-order chi connectivity index (χ0) is 11.3. The van der Waals surface area contributed by atoms with Gasteiger partial charge in [-0.2, -0.15) is 0 Å². The van der Waals surface area contributed by atoms with Crippen molar-refractivity contribution in [1.29, 1.82) is 0 Å². The summed E-state index contributed by atoms with van der Waals surface area (Å²) in [5.41, 5.74) is 0.650. The van der Waals surface area contributed by atoms with Gasteiger partial charge in [-0.1, -0.05) is 11.6 Å². The van der Waals surface area contributed by atoms with Crippen LogP contribution in [-0.4, -0.2) is 11.8 Å². The van der Waals surface area contributed by atoms with Crippen LogP contribution in [0.5, 0.6) is 0 Å². The lowest BCUT2D eigenvalue weighted by Crippen LogP contribution is -2.11. The van der Waals surface area contributed by atoms with Crippen LogP contribution in [0.25, 0.3) is 0 Å². The highest BCUT2D eigenvalue weighted by molar-refractivity contribution is 14.1. The van der Waals surface area contributed by atoms with Gasteiger partial charge in [0, 0.05) is 15.9 Å². The molecule has 0 saturated heterocycles. The number of alkyl halides is 1. The summed E-state index contributed by atoms with van der Waals surface area (Å²) in [5.74, 6) is 0.437. The van der Waals surface area contributed by atoms with E-state index in [4.69, 9.17) is 23.2 Å². The Kier molecular flexibility index (Phi) is 5.71. The van der Waals surface area contributed by atoms with E-state index in [1.54, 1.807) is 12.1 Å². The molecule has 5 heteroatoms. The molecule has 0 spiro atoms. The summed E-state index contributed by atoms with van der Waals surface area (Å²) in [6, 6.07) is 5.49. The first-order chi connectivity index (χ1) is 7.13. The number of carbonyl (C=O) groups excluding carboxylic acids is 1. The van der Waals surface area contributed by atoms with E-state index < -0.39 is 0 Å². The minimum absolute atomic E-state index is 0.0567. The van der Waals surface area contributed by atoms with Gasteiger partial charge < -0.3 is 5.32 Å². The maximum absolute atomic E-state index is 11.4. The number of hydrogen-bond donors (Lipinski definition) is 1. The molecule has 0 radical (unpaired) electrons. The second-order valence-electron chi connectivity index (χ2n) is 2.96. The number of halogens is 3. The number of benzene rings is 1. The van der Waals surface area contributed by atoms with E-state index in [1.807, 2.05) is 6.07 Å². The largest absolute Gasteiger partial charge is 0.325 e. The smallest absolute Gasteiger partial charge is 0.224 e. The highest BCUT2D eigenvalue weighted by Crippen LogP contribution is 2.23. The van der Waals surface area contributed by atoms with Gasteiger partial charge in [-0.25, -0.2) is 0 Å². The van der Waals surface area contributed by atoms with Crippen LogP contribution in [0.2, 0.25) is 5.02 Å². The number of carbonyl (C=O) groups is 1. The fourth-order valence-corrected chi connectivity index (χ4v) is 2.07. The lowest BCUT2D eigenvalue weighted by molar-refractivity contribution is -0.116. The van der Waals surface area contributed by atoms with Crippen molar-refractivity contribution in [3.8, 4) is 0 Å². The third-order valence-electron chi connectivity index (χ3n) is 1.74. The molecule has 0 atom stereocenters. The molecular weight excluding hydrogens is 348 g/mol. The lowest BCUT2D eigenvalue weighted by Gasteiger charge is -2.06. The summed E-state index contributed by atoms with van der Waals surface area (Å²) >= 11 is 13.6. The average Bonchev–Trinajstić information content (AvgIpc) is 2.19. The second-order valence-corrected chi connectivity index (χ2v) is 5.00. The fourth-order valence-electron chi connectivity index (χ4n) is 1.03. The SMILES string of the molecule is O=C(CCCCl)Nc1ccc(I)cc1Cl. The van der Waals surface area contributed by atoms with E-state index in [1.165, 1.54) is 0 Å². The zero-order valence-electron chi connectivity index (χ0n) is 7.90. The fraction of sp³-hybridized carbons (Fsp3) is 0.300. The Morgan fingerprint density at radius 2 is 2.20 bits per heavy atom. The van der Waals surface area contributed by atoms with Gasteiger partial charge in [0.2, 0.25) is 5.91 Å². The first kappa shape index (κ1) is 13.1. The molecule has 15 heavy (non-hydrogen) atoms. The van der Waals surface area contributed by atoms with E-state index in [9.17, 15) is 4.79 Å². The van der Waals surface area contributed by atoms with Crippen LogP contribution in [0.15, 0.2) is 18.2 Å². The van der Waals surface area contributed by atoms with Crippen LogP contribution >= 0.6 is 45.8 Å². The minimum atomic E-state index is -0.0567. The maximum atomic E-state index is 11.4. The second kappa shape index (κ2) is 6.55. The Bertz CT molecular complexity index is 357. The van der Waals surface area contributed by atoms with Crippen LogP contribution in [0, 0.1) is 3.57 Å². The van der Waals surface area contributed by atoms with Gasteiger partial charge in [-0.15, -0.1) is 11.6 Å². The van der Waals surface area contributed by atoms with Crippen molar-refractivity contribution in [2.24, 2.45) is 0 Å². The Morgan fingerprint density at radius 3 is 2.80 bits per heavy atom. The van der Waals surface area contributed by atoms with Gasteiger partial charge in [0.25, 0.3) is 0 Å². The highest BCUT2D eigenvalue weighted by Gasteiger charge is 2.05. The van der Waals surface area contributed by atoms with Gasteiger partial charge in [0.1, 0.15) is 0 Å². The third-order valence-corrected chi connectivity index (χ3v) is 2.99. The Hall–Kier alpha value is -0.0000000000000000555. The summed E-state index contributed by atoms with van der Waals surface area (Å²) in [7, 11) is 0. The molecule has 0 fully saturated rings. The van der Waals surface area contributed by atoms with Crippen LogP contribution in [0.4, 0.5) is 5.69 Å². The lowest BCUT2D eigenvalue weighted by atomic mass is 10.3. The predicted molar refractivity (Wildman–Crippen MR) is 72.8 cm³/mol. The Morgan fingerprint density at radius 1 is 1.47 bits per heavy atom. The van der Waals surface area contributed by atoms with Crippen LogP contribution in [-0.2, 0) is 4.79 Å². The van der Waals surface area contributed by atoms with Gasteiger partial charge >= 0.3 is 0 Å². The van der Waals surface area contributed by atoms with Gasteiger partial charge in [0.15, 0.2) is 0 Å². The molecule has 0 aromatic heterocycles. The van der Waals surface area contributed by atoms with Crippen molar-refractivity contribution >= 4 is 57.4 Å². The summed E-state index contributed by atoms with van der Waals surface area (Å²) in [5, 5.41) is 3.30. The van der Waals surface area contributed by atoms with Crippen molar-refractivity contribution in [2.45, 2.75) is 12.8 Å². The van der Waals surface area contributed by atoms with E-state index >= 15 is 0 Å². The first-order valence-corrected chi connectivity index (χ1v) is 6.43. The topological polar surface area (TPSA) is 29.1 Å². The normalized spacial score (nSPS) is 10.1. The molecular formula is C10H10Cl2INO. The first-order valence-electron chi connectivity index (χ1n) is 4.44. The number of nitrogens with one attached hydrogen (secondary N) is 1. The molecule has 0 aliphatic rings. The minimum Gasteiger partial charge on any atom is -0.325 e. The average molecular weight is 358 g/mol. The van der Waals surface area contributed by atoms with Crippen molar-refractivity contribution < 1.29 is 4.79 Å². The molecule has 82 valence electrons. The quantitative estimate of drug-likeness (QED) is 0.642. The summed E-state index contributed by atoms with van der Waals surface area (Å²) in [6.07, 6.45) is 1.10. The zero-order valence-corrected chi connectivity index (χ0v) is 11.6. The van der Waals surface area contributed by atoms with E-state index in [2.05, 4.69) is 27.9 Å². The van der Waals surface area contributed by atoms with Crippen molar-refractivity contribution in [1.82, 2.24) is 0 Å². The van der Waals surface area contributed by atoms with E-state index in [0.29, 0.717) is 29.4 Å². The third kappa shape index (κ3) is 4.57. The molecule has 0 bridgehead atoms. The van der Waals surface area contributed by atoms with E-state index in [-0.39, 0.29) is 5.91 Å².